The molecule has 1 N–H and O–H groups in total. The van der Waals surface area contributed by atoms with Crippen LogP contribution in [0, 0.1) is 0 Å². The first-order valence-electron chi connectivity index (χ1n) is 9.09. The van der Waals surface area contributed by atoms with Gasteiger partial charge in [0.1, 0.15) is 0 Å². The van der Waals surface area contributed by atoms with Crippen LogP contribution in [-0.4, -0.2) is 51.8 Å². The highest BCUT2D eigenvalue weighted by Crippen LogP contribution is 2.22. The van der Waals surface area contributed by atoms with Gasteiger partial charge < -0.3 is 10.2 Å². The van der Waals surface area contributed by atoms with Crippen molar-refractivity contribution in [3.05, 3.63) is 60.2 Å². The molecule has 2 aromatic rings. The van der Waals surface area contributed by atoms with Gasteiger partial charge in [0.25, 0.3) is 15.9 Å². The first-order valence-corrected chi connectivity index (χ1v) is 10.5. The van der Waals surface area contributed by atoms with Crippen molar-refractivity contribution in [1.29, 1.82) is 0 Å². The van der Waals surface area contributed by atoms with Crippen molar-refractivity contribution in [2.45, 2.75) is 17.7 Å². The average Bonchev–Trinajstić information content (AvgIpc) is 3.13. The Labute approximate surface area is 165 Å². The van der Waals surface area contributed by atoms with Crippen LogP contribution < -0.4 is 9.62 Å². The smallest absolute Gasteiger partial charge is 0.264 e. The zero-order valence-electron chi connectivity index (χ0n) is 15.7. The van der Waals surface area contributed by atoms with E-state index in [1.807, 2.05) is 6.07 Å². The van der Waals surface area contributed by atoms with Crippen molar-refractivity contribution < 1.29 is 18.0 Å². The van der Waals surface area contributed by atoms with Crippen molar-refractivity contribution in [2.24, 2.45) is 0 Å². The van der Waals surface area contributed by atoms with Gasteiger partial charge in [-0.05, 0) is 36.8 Å². The lowest BCUT2D eigenvalue weighted by atomic mass is 10.2. The van der Waals surface area contributed by atoms with E-state index in [-0.39, 0.29) is 22.3 Å². The van der Waals surface area contributed by atoms with Crippen LogP contribution >= 0.6 is 0 Å². The van der Waals surface area contributed by atoms with Gasteiger partial charge in [0, 0.05) is 38.7 Å². The Morgan fingerprint density at radius 2 is 1.89 bits per heavy atom. The Morgan fingerprint density at radius 1 is 1.14 bits per heavy atom. The summed E-state index contributed by atoms with van der Waals surface area (Å²) in [7, 11) is -2.31. The number of nitrogens with one attached hydrogen (secondary N) is 1. The van der Waals surface area contributed by atoms with Crippen LogP contribution in [0.5, 0.6) is 0 Å². The van der Waals surface area contributed by atoms with Gasteiger partial charge in [-0.25, -0.2) is 8.42 Å². The third kappa shape index (κ3) is 4.33. The third-order valence-electron chi connectivity index (χ3n) is 4.71. The Morgan fingerprint density at radius 3 is 2.57 bits per heavy atom. The third-order valence-corrected chi connectivity index (χ3v) is 6.49. The molecule has 1 saturated heterocycles. The molecule has 7 nitrogen and oxygen atoms in total. The fraction of sp³-hybridized carbons (Fsp3) is 0.300. The number of likely N-dealkylation sites (tertiary alicyclic amines) is 1. The van der Waals surface area contributed by atoms with Gasteiger partial charge in [-0.15, -0.1) is 0 Å². The molecule has 8 heteroatoms. The van der Waals surface area contributed by atoms with Crippen molar-refractivity contribution in [2.75, 3.05) is 31.0 Å². The number of hydrogen-bond acceptors (Lipinski definition) is 4. The molecule has 1 heterocycles. The molecule has 2 aromatic carbocycles. The van der Waals surface area contributed by atoms with Gasteiger partial charge in [-0.2, -0.15) is 0 Å². The molecule has 3 rings (SSSR count). The Kier molecular flexibility index (Phi) is 5.99. The second kappa shape index (κ2) is 8.43. The van der Waals surface area contributed by atoms with E-state index in [2.05, 4.69) is 5.32 Å². The van der Waals surface area contributed by atoms with E-state index in [4.69, 9.17) is 0 Å². The number of sulfonamides is 1. The monoisotopic (exact) mass is 401 g/mol. The largest absolute Gasteiger partial charge is 0.350 e. The first kappa shape index (κ1) is 19.9. The number of rotatable bonds is 7. The van der Waals surface area contributed by atoms with Crippen LogP contribution in [0.2, 0.25) is 0 Å². The zero-order valence-corrected chi connectivity index (χ0v) is 16.5. The second-order valence-electron chi connectivity index (χ2n) is 6.58. The van der Waals surface area contributed by atoms with Crippen LogP contribution in [0.3, 0.4) is 0 Å². The maximum atomic E-state index is 12.9. The molecule has 0 aliphatic carbocycles. The van der Waals surface area contributed by atoms with E-state index >= 15 is 0 Å². The molecule has 1 aliphatic rings. The van der Waals surface area contributed by atoms with Crippen molar-refractivity contribution >= 4 is 27.5 Å². The molecule has 0 unspecified atom stereocenters. The molecule has 1 fully saturated rings. The summed E-state index contributed by atoms with van der Waals surface area (Å²) in [5.74, 6) is -0.266. The number of hydrogen-bond donors (Lipinski definition) is 1. The van der Waals surface area contributed by atoms with E-state index in [0.717, 1.165) is 6.42 Å². The number of para-hydroxylation sites is 1. The lowest BCUT2D eigenvalue weighted by molar-refractivity contribution is -0.127. The second-order valence-corrected chi connectivity index (χ2v) is 8.55. The minimum Gasteiger partial charge on any atom is -0.350 e. The summed E-state index contributed by atoms with van der Waals surface area (Å²) in [6.07, 6.45) is 1.41. The highest BCUT2D eigenvalue weighted by molar-refractivity contribution is 7.92. The normalized spacial score (nSPS) is 14.2. The number of carbonyl (C=O) groups excluding carboxylic acids is 2. The molecular formula is C20H23N3O4S. The van der Waals surface area contributed by atoms with Gasteiger partial charge in [0.05, 0.1) is 10.6 Å². The molecule has 0 aromatic heterocycles. The lowest BCUT2D eigenvalue weighted by Crippen LogP contribution is -2.35. The topological polar surface area (TPSA) is 86.8 Å². The predicted molar refractivity (Wildman–Crippen MR) is 107 cm³/mol. The molecular weight excluding hydrogens is 378 g/mol. The van der Waals surface area contributed by atoms with E-state index in [9.17, 15) is 18.0 Å². The number of amides is 2. The van der Waals surface area contributed by atoms with Crippen molar-refractivity contribution in [3.63, 3.8) is 0 Å². The molecule has 0 saturated carbocycles. The fourth-order valence-electron chi connectivity index (χ4n) is 3.08. The lowest BCUT2D eigenvalue weighted by Gasteiger charge is -2.20. The van der Waals surface area contributed by atoms with Gasteiger partial charge in [-0.1, -0.05) is 24.3 Å². The summed E-state index contributed by atoms with van der Waals surface area (Å²) < 4.78 is 26.9. The maximum absolute atomic E-state index is 12.9. The maximum Gasteiger partial charge on any atom is 0.264 e. The van der Waals surface area contributed by atoms with Crippen LogP contribution in [-0.2, 0) is 14.8 Å². The molecule has 148 valence electrons. The summed E-state index contributed by atoms with van der Waals surface area (Å²) in [5, 5.41) is 2.74. The van der Waals surface area contributed by atoms with Gasteiger partial charge >= 0.3 is 0 Å². The van der Waals surface area contributed by atoms with Crippen molar-refractivity contribution in [3.8, 4) is 0 Å². The highest BCUT2D eigenvalue weighted by Gasteiger charge is 2.23. The number of anilines is 1. The van der Waals surface area contributed by atoms with Gasteiger partial charge in [0.2, 0.25) is 5.91 Å². The molecule has 0 radical (unpaired) electrons. The molecule has 1 aliphatic heterocycles. The minimum absolute atomic E-state index is 0.0428. The molecule has 2 amide bonds. The summed E-state index contributed by atoms with van der Waals surface area (Å²) in [4.78, 5) is 25.8. The summed E-state index contributed by atoms with van der Waals surface area (Å²) in [5.41, 5.74) is 0.794. The van der Waals surface area contributed by atoms with E-state index in [1.165, 1.54) is 23.5 Å². The van der Waals surface area contributed by atoms with Crippen LogP contribution in [0.1, 0.15) is 23.2 Å². The van der Waals surface area contributed by atoms with Gasteiger partial charge in [-0.3, -0.25) is 13.9 Å². The SMILES string of the molecule is CN(c1ccccc1)S(=O)(=O)c1cccc(C(=O)NCCN2CCCC2=O)c1. The van der Waals surface area contributed by atoms with Crippen LogP contribution in [0.25, 0.3) is 0 Å². The molecule has 0 spiro atoms. The van der Waals surface area contributed by atoms with Gasteiger partial charge in [0.15, 0.2) is 0 Å². The number of nitrogens with zero attached hydrogens (tertiary/aromatic N) is 2. The molecule has 0 bridgehead atoms. The minimum atomic E-state index is -3.79. The number of benzene rings is 2. The Hall–Kier alpha value is -2.87. The van der Waals surface area contributed by atoms with E-state index < -0.39 is 10.0 Å². The van der Waals surface area contributed by atoms with E-state index in [1.54, 1.807) is 41.3 Å². The average molecular weight is 401 g/mol. The predicted octanol–water partition coefficient (Wildman–Crippen LogP) is 1.86. The Bertz CT molecular complexity index is 960. The summed E-state index contributed by atoms with van der Waals surface area (Å²) >= 11 is 0. The standard InChI is InChI=1S/C20H23N3O4S/c1-22(17-8-3-2-4-9-17)28(26,27)18-10-5-7-16(15-18)20(25)21-12-14-23-13-6-11-19(23)24/h2-5,7-10,15H,6,11-14H2,1H3,(H,21,25). The fourth-order valence-corrected chi connectivity index (χ4v) is 4.32. The highest BCUT2D eigenvalue weighted by atomic mass is 32.2. The number of carbonyl (C=O) groups is 2. The molecule has 0 atom stereocenters. The summed E-state index contributed by atoms with van der Waals surface area (Å²) in [6, 6.07) is 14.7. The molecule has 28 heavy (non-hydrogen) atoms. The van der Waals surface area contributed by atoms with Crippen molar-refractivity contribution in [1.82, 2.24) is 10.2 Å². The van der Waals surface area contributed by atoms with E-state index in [0.29, 0.717) is 31.7 Å². The Balaban J connectivity index is 1.69. The van der Waals surface area contributed by atoms with Crippen LogP contribution in [0.15, 0.2) is 59.5 Å². The quantitative estimate of drug-likeness (QED) is 0.767. The van der Waals surface area contributed by atoms with Crippen LogP contribution in [0.4, 0.5) is 5.69 Å². The summed E-state index contributed by atoms with van der Waals surface area (Å²) in [6.45, 7) is 1.50. The zero-order chi connectivity index (χ0) is 20.1. The first-order chi connectivity index (χ1) is 13.4.